The Labute approximate surface area is 169 Å². The first kappa shape index (κ1) is 19.8. The fourth-order valence-electron chi connectivity index (χ4n) is 2.44. The normalized spacial score (nSPS) is 10.4. The molecule has 0 radical (unpaired) electrons. The number of carbonyl (C=O) groups excluding carboxylic acids is 2. The van der Waals surface area contributed by atoms with Crippen LogP contribution in [0, 0.1) is 27.7 Å². The van der Waals surface area contributed by atoms with E-state index in [-0.39, 0.29) is 11.8 Å². The summed E-state index contributed by atoms with van der Waals surface area (Å²) in [6.07, 6.45) is 0. The average molecular weight is 415 g/mol. The zero-order valence-electron chi connectivity index (χ0n) is 15.8. The highest BCUT2D eigenvalue weighted by atomic mass is 32.1. The molecule has 0 spiro atoms. The molecule has 0 aliphatic rings. The molecule has 0 fully saturated rings. The van der Waals surface area contributed by atoms with E-state index in [0.717, 1.165) is 0 Å². The summed E-state index contributed by atoms with van der Waals surface area (Å²) in [5.41, 5.74) is 0. The zero-order valence-corrected chi connectivity index (χ0v) is 17.4. The van der Waals surface area contributed by atoms with Gasteiger partial charge in [-0.05, 0) is 50.6 Å². The van der Waals surface area contributed by atoms with Gasteiger partial charge in [-0.1, -0.05) is 12.1 Å². The molecule has 0 saturated carbocycles. The number of aromatic nitrogens is 6. The van der Waals surface area contributed by atoms with Crippen LogP contribution in [0.15, 0.2) is 35.0 Å². The van der Waals surface area contributed by atoms with Gasteiger partial charge in [0.2, 0.25) is 0 Å². The highest BCUT2D eigenvalue weighted by Crippen LogP contribution is 2.12. The third kappa shape index (κ3) is 4.29. The molecule has 0 aromatic carbocycles. The molecule has 0 aliphatic heterocycles. The number of thiophene rings is 2. The first-order valence-electron chi connectivity index (χ1n) is 8.33. The summed E-state index contributed by atoms with van der Waals surface area (Å²) in [6.45, 7) is 7.08. The van der Waals surface area contributed by atoms with Crippen molar-refractivity contribution in [3.8, 4) is 0 Å². The molecular weight excluding hydrogens is 396 g/mol. The molecule has 0 atom stereocenters. The fourth-order valence-corrected chi connectivity index (χ4v) is 3.73. The van der Waals surface area contributed by atoms with E-state index in [1.165, 1.54) is 32.0 Å². The molecule has 0 aliphatic carbocycles. The third-order valence-electron chi connectivity index (χ3n) is 3.60. The molecule has 10 heteroatoms. The van der Waals surface area contributed by atoms with Crippen molar-refractivity contribution in [3.63, 3.8) is 0 Å². The van der Waals surface area contributed by atoms with Crippen LogP contribution in [0.3, 0.4) is 0 Å². The van der Waals surface area contributed by atoms with Gasteiger partial charge in [0, 0.05) is 0 Å². The lowest BCUT2D eigenvalue weighted by Gasteiger charge is -1.97. The Bertz CT molecular complexity index is 1010. The summed E-state index contributed by atoms with van der Waals surface area (Å²) in [5.74, 6) is 2.26. The Balaban J connectivity index is 0.000000161. The van der Waals surface area contributed by atoms with E-state index in [9.17, 15) is 9.59 Å². The number of nitrogens with zero attached hydrogens (tertiary/aromatic N) is 6. The van der Waals surface area contributed by atoms with E-state index in [1.54, 1.807) is 39.8 Å². The van der Waals surface area contributed by atoms with Crippen molar-refractivity contribution < 1.29 is 9.59 Å². The van der Waals surface area contributed by atoms with Gasteiger partial charge in [-0.2, -0.15) is 9.36 Å². The number of aryl methyl sites for hydroxylation is 4. The fraction of sp³-hybridized carbons (Fsp3) is 0.222. The first-order valence-corrected chi connectivity index (χ1v) is 10.1. The van der Waals surface area contributed by atoms with Gasteiger partial charge < -0.3 is 0 Å². The van der Waals surface area contributed by atoms with E-state index >= 15 is 0 Å². The topological polar surface area (TPSA) is 95.6 Å². The first-order chi connectivity index (χ1) is 13.4. The van der Waals surface area contributed by atoms with E-state index < -0.39 is 0 Å². The van der Waals surface area contributed by atoms with Crippen LogP contribution in [0.4, 0.5) is 0 Å². The second-order valence-electron chi connectivity index (χ2n) is 5.80. The Morgan fingerprint density at radius 1 is 0.750 bits per heavy atom. The molecule has 0 bridgehead atoms. The summed E-state index contributed by atoms with van der Waals surface area (Å²) in [5, 5.41) is 11.8. The molecular formula is C18H18N6O2S2. The summed E-state index contributed by atoms with van der Waals surface area (Å²) in [4.78, 5) is 33.1. The van der Waals surface area contributed by atoms with Crippen LogP contribution < -0.4 is 0 Å². The maximum absolute atomic E-state index is 11.8. The van der Waals surface area contributed by atoms with E-state index in [4.69, 9.17) is 0 Å². The van der Waals surface area contributed by atoms with Crippen LogP contribution in [0.25, 0.3) is 0 Å². The third-order valence-corrected chi connectivity index (χ3v) is 5.31. The smallest absolute Gasteiger partial charge is 0.266 e. The van der Waals surface area contributed by atoms with Crippen LogP contribution in [-0.2, 0) is 0 Å². The molecule has 4 heterocycles. The molecule has 0 amide bonds. The lowest BCUT2D eigenvalue weighted by molar-refractivity contribution is 0.0938. The molecule has 28 heavy (non-hydrogen) atoms. The predicted molar refractivity (Wildman–Crippen MR) is 107 cm³/mol. The van der Waals surface area contributed by atoms with Crippen LogP contribution in [0.5, 0.6) is 0 Å². The molecule has 144 valence electrons. The Hall–Kier alpha value is -2.98. The second kappa shape index (κ2) is 8.36. The van der Waals surface area contributed by atoms with Gasteiger partial charge in [-0.3, -0.25) is 9.59 Å². The minimum absolute atomic E-state index is 0.113. The summed E-state index contributed by atoms with van der Waals surface area (Å²) in [7, 11) is 0. The average Bonchev–Trinajstić information content (AvgIpc) is 3.42. The Morgan fingerprint density at radius 2 is 1.14 bits per heavy atom. The standard InChI is InChI=1S/2C9H9N3OS/c2*1-6-10-7(2)12(11-6)9(13)8-4-3-5-14-8/h2*3-5H,1-2H3. The largest absolute Gasteiger partial charge is 0.289 e. The van der Waals surface area contributed by atoms with Gasteiger partial charge in [-0.15, -0.1) is 32.9 Å². The van der Waals surface area contributed by atoms with Gasteiger partial charge in [0.25, 0.3) is 11.8 Å². The second-order valence-corrected chi connectivity index (χ2v) is 7.70. The highest BCUT2D eigenvalue weighted by Gasteiger charge is 2.14. The minimum Gasteiger partial charge on any atom is -0.266 e. The Kier molecular flexibility index (Phi) is 5.90. The van der Waals surface area contributed by atoms with Crippen molar-refractivity contribution in [2.75, 3.05) is 0 Å². The number of carbonyl (C=O) groups is 2. The predicted octanol–water partition coefficient (Wildman–Crippen LogP) is 3.29. The quantitative estimate of drug-likeness (QED) is 0.499. The van der Waals surface area contributed by atoms with Crippen LogP contribution in [0.2, 0.25) is 0 Å². The SMILES string of the molecule is Cc1nc(C)n(C(=O)c2cccs2)n1.Cc1nc(C)n(C(=O)c2cccs2)n1. The summed E-state index contributed by atoms with van der Waals surface area (Å²) >= 11 is 2.81. The summed E-state index contributed by atoms with van der Waals surface area (Å²) < 4.78 is 2.67. The number of rotatable bonds is 2. The maximum Gasteiger partial charge on any atom is 0.289 e. The monoisotopic (exact) mass is 414 g/mol. The lowest BCUT2D eigenvalue weighted by atomic mass is 10.4. The highest BCUT2D eigenvalue weighted by molar-refractivity contribution is 7.12. The zero-order chi connectivity index (χ0) is 20.3. The maximum atomic E-state index is 11.8. The van der Waals surface area contributed by atoms with Crippen molar-refractivity contribution >= 4 is 34.5 Å². The summed E-state index contributed by atoms with van der Waals surface area (Å²) in [6, 6.07) is 7.25. The van der Waals surface area contributed by atoms with Crippen molar-refractivity contribution in [2.24, 2.45) is 0 Å². The van der Waals surface area contributed by atoms with Crippen LogP contribution in [0.1, 0.15) is 42.6 Å². The molecule has 0 saturated heterocycles. The minimum atomic E-state index is -0.113. The van der Waals surface area contributed by atoms with Gasteiger partial charge >= 0.3 is 0 Å². The van der Waals surface area contributed by atoms with E-state index in [0.29, 0.717) is 33.1 Å². The van der Waals surface area contributed by atoms with Crippen LogP contribution >= 0.6 is 22.7 Å². The van der Waals surface area contributed by atoms with Crippen molar-refractivity contribution in [3.05, 3.63) is 68.1 Å². The number of hydrogen-bond donors (Lipinski definition) is 0. The molecule has 4 aromatic rings. The molecule has 4 aromatic heterocycles. The van der Waals surface area contributed by atoms with Gasteiger partial charge in [0.1, 0.15) is 23.3 Å². The molecule has 0 unspecified atom stereocenters. The van der Waals surface area contributed by atoms with Crippen molar-refractivity contribution in [2.45, 2.75) is 27.7 Å². The van der Waals surface area contributed by atoms with E-state index in [2.05, 4.69) is 20.2 Å². The van der Waals surface area contributed by atoms with Gasteiger partial charge in [0.05, 0.1) is 9.75 Å². The Morgan fingerprint density at radius 3 is 1.39 bits per heavy atom. The van der Waals surface area contributed by atoms with E-state index in [1.807, 2.05) is 22.9 Å². The lowest BCUT2D eigenvalue weighted by Crippen LogP contribution is -2.13. The van der Waals surface area contributed by atoms with Crippen LogP contribution in [-0.4, -0.2) is 41.3 Å². The molecule has 4 rings (SSSR count). The van der Waals surface area contributed by atoms with Gasteiger partial charge in [0.15, 0.2) is 0 Å². The molecule has 8 nitrogen and oxygen atoms in total. The number of hydrogen-bond acceptors (Lipinski definition) is 8. The molecule has 0 N–H and O–H groups in total. The van der Waals surface area contributed by atoms with Gasteiger partial charge in [-0.25, -0.2) is 9.97 Å². The van der Waals surface area contributed by atoms with Crippen molar-refractivity contribution in [1.82, 2.24) is 29.5 Å². The van der Waals surface area contributed by atoms with Crippen molar-refractivity contribution in [1.29, 1.82) is 0 Å².